The van der Waals surface area contributed by atoms with Crippen LogP contribution in [0.3, 0.4) is 0 Å². The van der Waals surface area contributed by atoms with Gasteiger partial charge < -0.3 is 5.11 Å². The molecule has 2 aromatic rings. The minimum atomic E-state index is -3.59. The summed E-state index contributed by atoms with van der Waals surface area (Å²) < 4.78 is 26.6. The molecular weight excluding hydrogens is 284 g/mol. The molecule has 1 unspecified atom stereocenters. The van der Waals surface area contributed by atoms with Crippen LogP contribution in [0.5, 0.6) is 0 Å². The number of hydrogen-bond donors (Lipinski definition) is 2. The minimum Gasteiger partial charge on any atom is -0.389 e. The molecule has 5 nitrogen and oxygen atoms in total. The van der Waals surface area contributed by atoms with Gasteiger partial charge in [0.25, 0.3) is 0 Å². The van der Waals surface area contributed by atoms with Gasteiger partial charge in [0.05, 0.1) is 28.7 Å². The van der Waals surface area contributed by atoms with Crippen LogP contribution >= 0.6 is 11.3 Å². The maximum absolute atomic E-state index is 12.1. The van der Waals surface area contributed by atoms with Crippen LogP contribution in [0.2, 0.25) is 0 Å². The van der Waals surface area contributed by atoms with Gasteiger partial charge in [0.2, 0.25) is 10.0 Å². The number of benzene rings is 1. The molecule has 1 aromatic carbocycles. The molecular formula is C12H14N2O3S2. The predicted octanol–water partition coefficient (Wildman–Crippen LogP) is 1.67. The van der Waals surface area contributed by atoms with E-state index in [2.05, 4.69) is 9.71 Å². The van der Waals surface area contributed by atoms with Crippen LogP contribution in [-0.4, -0.2) is 18.5 Å². The van der Waals surface area contributed by atoms with Crippen molar-refractivity contribution < 1.29 is 13.5 Å². The zero-order valence-corrected chi connectivity index (χ0v) is 11.9. The van der Waals surface area contributed by atoms with Crippen molar-refractivity contribution in [2.45, 2.75) is 24.5 Å². The van der Waals surface area contributed by atoms with Crippen LogP contribution in [0, 0.1) is 0 Å². The highest BCUT2D eigenvalue weighted by atomic mass is 32.2. The quantitative estimate of drug-likeness (QED) is 0.880. The van der Waals surface area contributed by atoms with E-state index in [1.807, 2.05) is 0 Å². The van der Waals surface area contributed by atoms with Crippen molar-refractivity contribution >= 4 is 21.4 Å². The second kappa shape index (κ2) is 5.79. The second-order valence-electron chi connectivity index (χ2n) is 4.05. The van der Waals surface area contributed by atoms with Crippen molar-refractivity contribution in [2.75, 3.05) is 0 Å². The minimum absolute atomic E-state index is 0.140. The molecule has 0 bridgehead atoms. The molecule has 0 saturated carbocycles. The normalized spacial score (nSPS) is 13.4. The number of rotatable bonds is 5. The summed E-state index contributed by atoms with van der Waals surface area (Å²) in [7, 11) is -3.59. The summed E-state index contributed by atoms with van der Waals surface area (Å²) in [6, 6.07) is 6.26. The lowest BCUT2D eigenvalue weighted by Gasteiger charge is -2.09. The molecule has 19 heavy (non-hydrogen) atoms. The molecule has 0 aliphatic carbocycles. The molecule has 2 rings (SSSR count). The van der Waals surface area contributed by atoms with E-state index in [9.17, 15) is 13.5 Å². The van der Waals surface area contributed by atoms with Crippen molar-refractivity contribution in [3.05, 3.63) is 46.4 Å². The number of aliphatic hydroxyl groups is 1. The Morgan fingerprint density at radius 2 is 2.26 bits per heavy atom. The molecule has 0 radical (unpaired) electrons. The molecule has 0 aliphatic heterocycles. The van der Waals surface area contributed by atoms with Crippen LogP contribution in [0.4, 0.5) is 0 Å². The van der Waals surface area contributed by atoms with Crippen molar-refractivity contribution in [1.82, 2.24) is 9.71 Å². The number of nitrogens with one attached hydrogen (secondary N) is 1. The van der Waals surface area contributed by atoms with E-state index in [1.54, 1.807) is 29.9 Å². The number of nitrogens with zero attached hydrogens (tertiary/aromatic N) is 1. The average molecular weight is 298 g/mol. The largest absolute Gasteiger partial charge is 0.389 e. The zero-order valence-electron chi connectivity index (χ0n) is 10.3. The third kappa shape index (κ3) is 3.60. The summed E-state index contributed by atoms with van der Waals surface area (Å²) in [6.45, 7) is 1.75. The molecule has 0 fully saturated rings. The molecule has 1 atom stereocenters. The fraction of sp³-hybridized carbons (Fsp3) is 0.250. The fourth-order valence-corrected chi connectivity index (χ4v) is 3.13. The van der Waals surface area contributed by atoms with Crippen LogP contribution in [-0.2, 0) is 16.6 Å². The van der Waals surface area contributed by atoms with E-state index in [4.69, 9.17) is 0 Å². The van der Waals surface area contributed by atoms with Gasteiger partial charge in [-0.2, -0.15) is 0 Å². The standard InChI is InChI=1S/C12H14N2O3S2/c1-9(15)10-3-2-4-12(5-10)19(16,17)14-6-11-7-18-8-13-11/h2-5,7-9,14-15H,6H2,1H3. The lowest BCUT2D eigenvalue weighted by Crippen LogP contribution is -2.23. The highest BCUT2D eigenvalue weighted by molar-refractivity contribution is 7.89. The van der Waals surface area contributed by atoms with Crippen LogP contribution in [0.25, 0.3) is 0 Å². The first kappa shape index (κ1) is 14.1. The van der Waals surface area contributed by atoms with Crippen LogP contribution in [0.15, 0.2) is 40.1 Å². The maximum atomic E-state index is 12.1. The number of aromatic nitrogens is 1. The average Bonchev–Trinajstić information content (AvgIpc) is 2.90. The molecule has 2 N–H and O–H groups in total. The summed E-state index contributed by atoms with van der Waals surface area (Å²) in [6.07, 6.45) is -0.700. The number of aliphatic hydroxyl groups excluding tert-OH is 1. The second-order valence-corrected chi connectivity index (χ2v) is 6.54. The Bertz CT molecular complexity index is 637. The summed E-state index contributed by atoms with van der Waals surface area (Å²) in [4.78, 5) is 4.15. The Labute approximate surface area is 116 Å². The van der Waals surface area contributed by atoms with Gasteiger partial charge >= 0.3 is 0 Å². The molecule has 0 saturated heterocycles. The monoisotopic (exact) mass is 298 g/mol. The van der Waals surface area contributed by atoms with Gasteiger partial charge in [0.1, 0.15) is 0 Å². The summed E-state index contributed by atoms with van der Waals surface area (Å²) in [5.41, 5.74) is 2.90. The van der Waals surface area contributed by atoms with E-state index < -0.39 is 16.1 Å². The van der Waals surface area contributed by atoms with E-state index in [0.29, 0.717) is 11.3 Å². The van der Waals surface area contributed by atoms with Gasteiger partial charge in [-0.15, -0.1) is 11.3 Å². The van der Waals surface area contributed by atoms with Crippen molar-refractivity contribution in [1.29, 1.82) is 0 Å². The third-order valence-electron chi connectivity index (χ3n) is 2.58. The topological polar surface area (TPSA) is 79.3 Å². The molecule has 1 heterocycles. The molecule has 0 aliphatic rings. The predicted molar refractivity (Wildman–Crippen MR) is 73.2 cm³/mol. The van der Waals surface area contributed by atoms with E-state index in [-0.39, 0.29) is 11.4 Å². The summed E-state index contributed by atoms with van der Waals surface area (Å²) in [5.74, 6) is 0. The first-order chi connectivity index (χ1) is 8.99. The SMILES string of the molecule is CC(O)c1cccc(S(=O)(=O)NCc2cscn2)c1. The van der Waals surface area contributed by atoms with Gasteiger partial charge in [-0.3, -0.25) is 0 Å². The first-order valence-corrected chi connectivity index (χ1v) is 8.06. The Balaban J connectivity index is 2.17. The third-order valence-corrected chi connectivity index (χ3v) is 4.61. The Kier molecular flexibility index (Phi) is 4.31. The molecule has 102 valence electrons. The lowest BCUT2D eigenvalue weighted by atomic mass is 10.1. The highest BCUT2D eigenvalue weighted by Crippen LogP contribution is 2.17. The molecule has 0 spiro atoms. The number of thiazole rings is 1. The Morgan fingerprint density at radius 1 is 1.47 bits per heavy atom. The van der Waals surface area contributed by atoms with Crippen molar-refractivity contribution in [3.8, 4) is 0 Å². The van der Waals surface area contributed by atoms with Crippen molar-refractivity contribution in [2.24, 2.45) is 0 Å². The molecule has 0 amide bonds. The van der Waals surface area contributed by atoms with E-state index in [1.165, 1.54) is 23.5 Å². The summed E-state index contributed by atoms with van der Waals surface area (Å²) >= 11 is 1.41. The van der Waals surface area contributed by atoms with Crippen molar-refractivity contribution in [3.63, 3.8) is 0 Å². The van der Waals surface area contributed by atoms with Crippen LogP contribution in [0.1, 0.15) is 24.3 Å². The zero-order chi connectivity index (χ0) is 13.9. The van der Waals surface area contributed by atoms with Gasteiger partial charge in [0, 0.05) is 5.38 Å². The smallest absolute Gasteiger partial charge is 0.240 e. The number of hydrogen-bond acceptors (Lipinski definition) is 5. The lowest BCUT2D eigenvalue weighted by molar-refractivity contribution is 0.199. The fourth-order valence-electron chi connectivity index (χ4n) is 1.52. The highest BCUT2D eigenvalue weighted by Gasteiger charge is 2.15. The maximum Gasteiger partial charge on any atom is 0.240 e. The van der Waals surface area contributed by atoms with Gasteiger partial charge in [-0.25, -0.2) is 18.1 Å². The Morgan fingerprint density at radius 3 is 2.89 bits per heavy atom. The number of sulfonamides is 1. The van der Waals surface area contributed by atoms with E-state index >= 15 is 0 Å². The summed E-state index contributed by atoms with van der Waals surface area (Å²) in [5, 5.41) is 11.3. The first-order valence-electron chi connectivity index (χ1n) is 5.64. The molecule has 7 heteroatoms. The van der Waals surface area contributed by atoms with Gasteiger partial charge in [-0.1, -0.05) is 12.1 Å². The van der Waals surface area contributed by atoms with Crippen LogP contribution < -0.4 is 4.72 Å². The van der Waals surface area contributed by atoms with E-state index in [0.717, 1.165) is 0 Å². The Hall–Kier alpha value is -1.28. The van der Waals surface area contributed by atoms with Gasteiger partial charge in [-0.05, 0) is 24.6 Å². The van der Waals surface area contributed by atoms with Gasteiger partial charge in [0.15, 0.2) is 0 Å². The molecule has 1 aromatic heterocycles.